The van der Waals surface area contributed by atoms with Gasteiger partial charge in [-0.15, -0.1) is 0 Å². The van der Waals surface area contributed by atoms with Crippen LogP contribution in [0.25, 0.3) is 16.9 Å². The van der Waals surface area contributed by atoms with E-state index < -0.39 is 0 Å². The summed E-state index contributed by atoms with van der Waals surface area (Å²) in [5.74, 6) is 0.971. The summed E-state index contributed by atoms with van der Waals surface area (Å²) in [5.41, 5.74) is 10.2. The minimum absolute atomic E-state index is 0.533. The summed E-state index contributed by atoms with van der Waals surface area (Å²) in [7, 11) is 0. The van der Waals surface area contributed by atoms with Crippen LogP contribution in [0.2, 0.25) is 0 Å². The van der Waals surface area contributed by atoms with Gasteiger partial charge in [0.25, 0.3) is 0 Å². The second-order valence-corrected chi connectivity index (χ2v) is 4.34. The van der Waals surface area contributed by atoms with Crippen molar-refractivity contribution < 1.29 is 0 Å². The van der Waals surface area contributed by atoms with Crippen LogP contribution >= 0.6 is 0 Å². The average Bonchev–Trinajstić information content (AvgIpc) is 2.77. The van der Waals surface area contributed by atoms with Crippen molar-refractivity contribution in [2.24, 2.45) is 5.73 Å². The molecule has 2 heterocycles. The predicted octanol–water partition coefficient (Wildman–Crippen LogP) is 2.77. The highest BCUT2D eigenvalue weighted by Crippen LogP contribution is 2.24. The molecule has 0 aliphatic rings. The number of hydrogen-bond donors (Lipinski definition) is 1. The number of pyridine rings is 1. The largest absolute Gasteiger partial charge is 0.326 e. The Labute approximate surface area is 106 Å². The highest BCUT2D eigenvalue weighted by molar-refractivity contribution is 5.68. The molecule has 0 saturated carbocycles. The van der Waals surface area contributed by atoms with Gasteiger partial charge in [-0.2, -0.15) is 0 Å². The third kappa shape index (κ3) is 1.60. The zero-order valence-corrected chi connectivity index (χ0v) is 10.3. The summed E-state index contributed by atoms with van der Waals surface area (Å²) >= 11 is 0. The quantitative estimate of drug-likeness (QED) is 0.744. The van der Waals surface area contributed by atoms with Gasteiger partial charge in [0.2, 0.25) is 0 Å². The van der Waals surface area contributed by atoms with Gasteiger partial charge in [-0.25, -0.2) is 4.98 Å². The van der Waals surface area contributed by atoms with Crippen LogP contribution in [0.4, 0.5) is 0 Å². The number of nitrogens with zero attached hydrogens (tertiary/aromatic N) is 2. The second-order valence-electron chi connectivity index (χ2n) is 4.34. The van der Waals surface area contributed by atoms with Crippen LogP contribution in [0.15, 0.2) is 48.7 Å². The van der Waals surface area contributed by atoms with Gasteiger partial charge in [-0.05, 0) is 18.6 Å². The first-order valence-corrected chi connectivity index (χ1v) is 6.03. The van der Waals surface area contributed by atoms with E-state index in [0.29, 0.717) is 6.54 Å². The molecule has 0 fully saturated rings. The van der Waals surface area contributed by atoms with E-state index in [2.05, 4.69) is 27.6 Å². The number of imidazole rings is 1. The van der Waals surface area contributed by atoms with Crippen molar-refractivity contribution in [3.05, 3.63) is 59.9 Å². The maximum Gasteiger partial charge on any atom is 0.144 e. The zero-order chi connectivity index (χ0) is 12.5. The Kier molecular flexibility index (Phi) is 2.61. The van der Waals surface area contributed by atoms with Gasteiger partial charge in [0.1, 0.15) is 5.82 Å². The Morgan fingerprint density at radius 3 is 2.61 bits per heavy atom. The van der Waals surface area contributed by atoms with Crippen LogP contribution in [-0.2, 0) is 6.54 Å². The van der Waals surface area contributed by atoms with Crippen molar-refractivity contribution in [3.8, 4) is 11.4 Å². The highest BCUT2D eigenvalue weighted by atomic mass is 15.0. The molecule has 0 atom stereocenters. The smallest absolute Gasteiger partial charge is 0.144 e. The Hall–Kier alpha value is -2.13. The van der Waals surface area contributed by atoms with E-state index in [1.54, 1.807) is 0 Å². The Morgan fingerprint density at radius 1 is 1.11 bits per heavy atom. The van der Waals surface area contributed by atoms with Crippen molar-refractivity contribution >= 4 is 5.52 Å². The summed E-state index contributed by atoms with van der Waals surface area (Å²) in [6.07, 6.45) is 2.04. The molecule has 0 amide bonds. The molecule has 3 aromatic rings. The lowest BCUT2D eigenvalue weighted by Gasteiger charge is -2.04. The Balaban J connectivity index is 2.33. The molecule has 3 heteroatoms. The molecule has 3 nitrogen and oxygen atoms in total. The number of rotatable bonds is 2. The molecule has 0 spiro atoms. The molecule has 2 aromatic heterocycles. The van der Waals surface area contributed by atoms with Crippen LogP contribution in [0.3, 0.4) is 0 Å². The molecular weight excluding hydrogens is 222 g/mol. The third-order valence-electron chi connectivity index (χ3n) is 3.17. The molecule has 18 heavy (non-hydrogen) atoms. The van der Waals surface area contributed by atoms with Crippen LogP contribution in [-0.4, -0.2) is 9.38 Å². The monoisotopic (exact) mass is 237 g/mol. The summed E-state index contributed by atoms with van der Waals surface area (Å²) in [6, 6.07) is 14.3. The van der Waals surface area contributed by atoms with Crippen molar-refractivity contribution in [1.29, 1.82) is 0 Å². The van der Waals surface area contributed by atoms with Gasteiger partial charge in [0.05, 0.1) is 11.2 Å². The SMILES string of the molecule is Cc1nc(-c2ccccc2)n2cccc(CN)c12. The number of fused-ring (bicyclic) bond motifs is 1. The molecule has 0 radical (unpaired) electrons. The van der Waals surface area contributed by atoms with E-state index in [-0.39, 0.29) is 0 Å². The van der Waals surface area contributed by atoms with E-state index in [1.165, 1.54) is 0 Å². The first kappa shape index (κ1) is 11.0. The maximum atomic E-state index is 5.79. The molecule has 0 saturated heterocycles. The molecule has 0 aliphatic heterocycles. The number of aromatic nitrogens is 2. The van der Waals surface area contributed by atoms with E-state index >= 15 is 0 Å². The zero-order valence-electron chi connectivity index (χ0n) is 10.3. The topological polar surface area (TPSA) is 43.3 Å². The Morgan fingerprint density at radius 2 is 1.89 bits per heavy atom. The molecule has 3 rings (SSSR count). The van der Waals surface area contributed by atoms with Gasteiger partial charge in [-0.3, -0.25) is 4.40 Å². The molecule has 0 aliphatic carbocycles. The fraction of sp³-hybridized carbons (Fsp3) is 0.133. The number of nitrogens with two attached hydrogens (primary N) is 1. The van der Waals surface area contributed by atoms with E-state index in [1.807, 2.05) is 37.4 Å². The molecule has 0 bridgehead atoms. The number of benzene rings is 1. The van der Waals surface area contributed by atoms with Crippen LogP contribution < -0.4 is 5.73 Å². The molecule has 2 N–H and O–H groups in total. The summed E-state index contributed by atoms with van der Waals surface area (Å²) < 4.78 is 2.12. The van der Waals surface area contributed by atoms with Crippen LogP contribution in [0.5, 0.6) is 0 Å². The van der Waals surface area contributed by atoms with Crippen molar-refractivity contribution in [3.63, 3.8) is 0 Å². The standard InChI is InChI=1S/C15H15N3/c1-11-14-13(10-16)8-5-9-18(14)15(17-11)12-6-3-2-4-7-12/h2-9H,10,16H2,1H3. The van der Waals surface area contributed by atoms with Gasteiger partial charge in [0.15, 0.2) is 0 Å². The average molecular weight is 237 g/mol. The lowest BCUT2D eigenvalue weighted by atomic mass is 10.2. The fourth-order valence-corrected chi connectivity index (χ4v) is 2.36. The van der Waals surface area contributed by atoms with Crippen molar-refractivity contribution in [1.82, 2.24) is 9.38 Å². The lowest BCUT2D eigenvalue weighted by Crippen LogP contribution is -2.00. The third-order valence-corrected chi connectivity index (χ3v) is 3.17. The first-order chi connectivity index (χ1) is 8.81. The van der Waals surface area contributed by atoms with Gasteiger partial charge >= 0.3 is 0 Å². The van der Waals surface area contributed by atoms with Crippen molar-refractivity contribution in [2.75, 3.05) is 0 Å². The van der Waals surface area contributed by atoms with Crippen LogP contribution in [0, 0.1) is 6.92 Å². The molecule has 1 aromatic carbocycles. The van der Waals surface area contributed by atoms with Gasteiger partial charge < -0.3 is 5.73 Å². The Bertz CT molecular complexity index is 684. The number of aryl methyl sites for hydroxylation is 1. The van der Waals surface area contributed by atoms with Gasteiger partial charge in [-0.1, -0.05) is 36.4 Å². The van der Waals surface area contributed by atoms with Crippen molar-refractivity contribution in [2.45, 2.75) is 13.5 Å². The van der Waals surface area contributed by atoms with E-state index in [0.717, 1.165) is 28.2 Å². The fourth-order valence-electron chi connectivity index (χ4n) is 2.36. The number of hydrogen-bond acceptors (Lipinski definition) is 2. The lowest BCUT2D eigenvalue weighted by molar-refractivity contribution is 1.05. The molecule has 0 unspecified atom stereocenters. The minimum Gasteiger partial charge on any atom is -0.326 e. The first-order valence-electron chi connectivity index (χ1n) is 6.03. The van der Waals surface area contributed by atoms with E-state index in [9.17, 15) is 0 Å². The molecular formula is C15H15N3. The summed E-state index contributed by atoms with van der Waals surface area (Å²) in [4.78, 5) is 4.68. The summed E-state index contributed by atoms with van der Waals surface area (Å²) in [5, 5.41) is 0. The summed E-state index contributed by atoms with van der Waals surface area (Å²) in [6.45, 7) is 2.56. The highest BCUT2D eigenvalue weighted by Gasteiger charge is 2.11. The van der Waals surface area contributed by atoms with Crippen LogP contribution in [0.1, 0.15) is 11.3 Å². The van der Waals surface area contributed by atoms with E-state index in [4.69, 9.17) is 5.73 Å². The van der Waals surface area contributed by atoms with Gasteiger partial charge in [0, 0.05) is 18.3 Å². The normalized spacial score (nSPS) is 11.0. The maximum absolute atomic E-state index is 5.79. The predicted molar refractivity (Wildman–Crippen MR) is 73.3 cm³/mol. The minimum atomic E-state index is 0.533. The molecule has 90 valence electrons. The second kappa shape index (κ2) is 4.27.